The predicted molar refractivity (Wildman–Crippen MR) is 124 cm³/mol. The molecule has 1 fully saturated rings. The van der Waals surface area contributed by atoms with Gasteiger partial charge in [-0.05, 0) is 86.9 Å². The van der Waals surface area contributed by atoms with Crippen LogP contribution in [0.3, 0.4) is 0 Å². The van der Waals surface area contributed by atoms with Gasteiger partial charge < -0.3 is 10.3 Å². The van der Waals surface area contributed by atoms with Crippen molar-refractivity contribution in [2.45, 2.75) is 51.5 Å². The zero-order valence-corrected chi connectivity index (χ0v) is 18.7. The van der Waals surface area contributed by atoms with Crippen LogP contribution in [-0.2, 0) is 19.4 Å². The number of nitrogens with one attached hydrogen (secondary N) is 2. The first-order chi connectivity index (χ1) is 15.5. The lowest BCUT2D eigenvalue weighted by Gasteiger charge is -2.32. The summed E-state index contributed by atoms with van der Waals surface area (Å²) in [5.74, 6) is 0.316. The average molecular weight is 432 g/mol. The van der Waals surface area contributed by atoms with E-state index in [1.165, 1.54) is 5.56 Å². The number of rotatable bonds is 4. The number of hydrogen-bond acceptors (Lipinski definition) is 5. The summed E-state index contributed by atoms with van der Waals surface area (Å²) in [5.41, 5.74) is 7.74. The van der Waals surface area contributed by atoms with Gasteiger partial charge in [-0.1, -0.05) is 6.07 Å². The average Bonchev–Trinajstić information content (AvgIpc) is 3.30. The highest BCUT2D eigenvalue weighted by atomic mass is 16.1. The Labute approximate surface area is 187 Å². The number of hydrogen-bond donors (Lipinski definition) is 2. The third-order valence-corrected chi connectivity index (χ3v) is 6.99. The number of carbonyl (C=O) groups excluding carboxylic acids is 1. The molecule has 1 aliphatic carbocycles. The highest BCUT2D eigenvalue weighted by Crippen LogP contribution is 2.31. The molecule has 0 bridgehead atoms. The van der Waals surface area contributed by atoms with Crippen molar-refractivity contribution in [2.75, 3.05) is 20.1 Å². The van der Waals surface area contributed by atoms with E-state index in [0.717, 1.165) is 85.2 Å². The van der Waals surface area contributed by atoms with Gasteiger partial charge in [0, 0.05) is 31.0 Å². The molecular weight excluding hydrogens is 402 g/mol. The Morgan fingerprint density at radius 2 is 2.00 bits per heavy atom. The van der Waals surface area contributed by atoms with Crippen LogP contribution in [0.1, 0.15) is 63.6 Å². The van der Waals surface area contributed by atoms with Gasteiger partial charge in [0.2, 0.25) is 0 Å². The van der Waals surface area contributed by atoms with Crippen LogP contribution in [0.15, 0.2) is 29.2 Å². The van der Waals surface area contributed by atoms with Gasteiger partial charge in [0.25, 0.3) is 11.5 Å². The van der Waals surface area contributed by atoms with E-state index in [1.807, 2.05) is 19.2 Å². The first-order valence-electron chi connectivity index (χ1n) is 11.5. The summed E-state index contributed by atoms with van der Waals surface area (Å²) in [6.07, 6.45) is 6.95. The molecule has 1 aliphatic heterocycles. The van der Waals surface area contributed by atoms with Crippen LogP contribution in [0.5, 0.6) is 0 Å². The third kappa shape index (κ3) is 3.81. The van der Waals surface area contributed by atoms with Crippen molar-refractivity contribution in [1.29, 1.82) is 0 Å². The third-order valence-electron chi connectivity index (χ3n) is 6.99. The minimum atomic E-state index is -0.148. The number of amides is 1. The quantitative estimate of drug-likeness (QED) is 0.663. The van der Waals surface area contributed by atoms with Crippen LogP contribution in [0.2, 0.25) is 0 Å². The first kappa shape index (κ1) is 20.8. The topological polar surface area (TPSA) is 91.0 Å². The Balaban J connectivity index is 1.26. The van der Waals surface area contributed by atoms with Crippen LogP contribution >= 0.6 is 0 Å². The predicted octanol–water partition coefficient (Wildman–Crippen LogP) is 2.85. The Hall–Kier alpha value is -3.06. The largest absolute Gasteiger partial charge is 0.354 e. The van der Waals surface area contributed by atoms with Crippen LogP contribution in [0.25, 0.3) is 11.0 Å². The second kappa shape index (κ2) is 8.47. The molecule has 0 aromatic carbocycles. The molecule has 2 aliphatic rings. The van der Waals surface area contributed by atoms with Crippen molar-refractivity contribution in [2.24, 2.45) is 0 Å². The van der Waals surface area contributed by atoms with Gasteiger partial charge in [-0.25, -0.2) is 4.98 Å². The first-order valence-corrected chi connectivity index (χ1v) is 11.5. The molecule has 32 heavy (non-hydrogen) atoms. The van der Waals surface area contributed by atoms with E-state index in [-0.39, 0.29) is 11.5 Å². The molecule has 7 heteroatoms. The normalized spacial score (nSPS) is 16.9. The minimum absolute atomic E-state index is 0.0520. The number of carbonyl (C=O) groups is 1. The molecule has 1 amide bonds. The van der Waals surface area contributed by atoms with E-state index < -0.39 is 0 Å². The lowest BCUT2D eigenvalue weighted by Crippen LogP contribution is -2.32. The van der Waals surface area contributed by atoms with E-state index in [0.29, 0.717) is 11.6 Å². The summed E-state index contributed by atoms with van der Waals surface area (Å²) in [7, 11) is 1.62. The van der Waals surface area contributed by atoms with E-state index in [4.69, 9.17) is 4.98 Å². The molecule has 0 saturated carbocycles. The summed E-state index contributed by atoms with van der Waals surface area (Å²) < 4.78 is 0. The van der Waals surface area contributed by atoms with Gasteiger partial charge in [0.05, 0.1) is 11.0 Å². The number of pyridine rings is 3. The Morgan fingerprint density at radius 1 is 1.22 bits per heavy atom. The molecule has 2 N–H and O–H groups in total. The number of H-pyrrole nitrogens is 1. The number of aromatic nitrogens is 3. The van der Waals surface area contributed by atoms with E-state index in [2.05, 4.69) is 32.3 Å². The molecule has 7 nitrogen and oxygen atoms in total. The van der Waals surface area contributed by atoms with Crippen LogP contribution in [0.4, 0.5) is 0 Å². The molecule has 0 radical (unpaired) electrons. The SMILES string of the molecule is CNC(=O)c1ccc(C2CCN(Cc3cnc4c5c(c(=O)[nH]c4c3)CCC5)CC2)c(C)n1. The fourth-order valence-corrected chi connectivity index (χ4v) is 5.30. The molecular formula is C25H29N5O2. The number of aryl methyl sites for hydroxylation is 2. The number of likely N-dealkylation sites (tertiary alicyclic amines) is 1. The number of piperidine rings is 1. The molecule has 0 unspecified atom stereocenters. The molecule has 4 heterocycles. The van der Waals surface area contributed by atoms with E-state index in [1.54, 1.807) is 7.05 Å². The highest BCUT2D eigenvalue weighted by Gasteiger charge is 2.24. The van der Waals surface area contributed by atoms with Crippen molar-refractivity contribution in [1.82, 2.24) is 25.2 Å². The molecule has 3 aromatic rings. The van der Waals surface area contributed by atoms with Crippen LogP contribution in [0, 0.1) is 6.92 Å². The molecule has 0 spiro atoms. The second-order valence-corrected chi connectivity index (χ2v) is 9.01. The number of aromatic amines is 1. The molecule has 3 aromatic heterocycles. The summed E-state index contributed by atoms with van der Waals surface area (Å²) in [6.45, 7) is 4.83. The zero-order valence-electron chi connectivity index (χ0n) is 18.7. The number of fused-ring (bicyclic) bond motifs is 3. The maximum absolute atomic E-state index is 12.4. The second-order valence-electron chi connectivity index (χ2n) is 9.01. The van der Waals surface area contributed by atoms with Crippen molar-refractivity contribution >= 4 is 16.9 Å². The zero-order chi connectivity index (χ0) is 22.2. The van der Waals surface area contributed by atoms with Gasteiger partial charge in [-0.15, -0.1) is 0 Å². The summed E-state index contributed by atoms with van der Waals surface area (Å²) in [4.78, 5) is 38.9. The van der Waals surface area contributed by atoms with Crippen LogP contribution in [-0.4, -0.2) is 45.9 Å². The molecule has 5 rings (SSSR count). The monoisotopic (exact) mass is 431 g/mol. The summed E-state index contributed by atoms with van der Waals surface area (Å²) in [5, 5.41) is 2.63. The Bertz CT molecular complexity index is 1240. The minimum Gasteiger partial charge on any atom is -0.354 e. The Morgan fingerprint density at radius 3 is 2.75 bits per heavy atom. The van der Waals surface area contributed by atoms with Gasteiger partial charge >= 0.3 is 0 Å². The maximum atomic E-state index is 12.4. The fourth-order valence-electron chi connectivity index (χ4n) is 5.30. The van der Waals surface area contributed by atoms with Crippen molar-refractivity contribution in [3.63, 3.8) is 0 Å². The van der Waals surface area contributed by atoms with Gasteiger partial charge in [-0.2, -0.15) is 0 Å². The van der Waals surface area contributed by atoms with Crippen molar-refractivity contribution < 1.29 is 4.79 Å². The molecule has 166 valence electrons. The standard InChI is InChI=1S/C25H29N5O2/c1-15-18(6-7-21(28-15)25(32)26-2)17-8-10-30(11-9-17)14-16-12-22-23(27-13-16)19-4-3-5-20(19)24(31)29-22/h6-7,12-13,17H,3-5,8-11,14H2,1-2H3,(H,26,32)(H,29,31). The summed E-state index contributed by atoms with van der Waals surface area (Å²) in [6, 6.07) is 5.99. The maximum Gasteiger partial charge on any atom is 0.269 e. The van der Waals surface area contributed by atoms with Gasteiger partial charge in [0.1, 0.15) is 5.69 Å². The Kier molecular flexibility index (Phi) is 5.51. The molecule has 1 saturated heterocycles. The van der Waals surface area contributed by atoms with Crippen LogP contribution < -0.4 is 10.9 Å². The highest BCUT2D eigenvalue weighted by molar-refractivity contribution is 5.92. The van der Waals surface area contributed by atoms with Crippen molar-refractivity contribution in [3.05, 3.63) is 68.4 Å². The van der Waals surface area contributed by atoms with Crippen molar-refractivity contribution in [3.8, 4) is 0 Å². The van der Waals surface area contributed by atoms with E-state index in [9.17, 15) is 9.59 Å². The fraction of sp³-hybridized carbons (Fsp3) is 0.440. The van der Waals surface area contributed by atoms with E-state index >= 15 is 0 Å². The van der Waals surface area contributed by atoms with Gasteiger partial charge in [-0.3, -0.25) is 19.5 Å². The summed E-state index contributed by atoms with van der Waals surface area (Å²) >= 11 is 0. The lowest BCUT2D eigenvalue weighted by atomic mass is 9.88. The smallest absolute Gasteiger partial charge is 0.269 e. The van der Waals surface area contributed by atoms with Gasteiger partial charge in [0.15, 0.2) is 0 Å². The molecule has 0 atom stereocenters. The number of nitrogens with zero attached hydrogens (tertiary/aromatic N) is 3. The lowest BCUT2D eigenvalue weighted by molar-refractivity contribution is 0.0958.